The smallest absolute Gasteiger partial charge is 0.199 e. The minimum atomic E-state index is -4.08. The maximum absolute atomic E-state index is 14.3. The molecule has 0 fully saturated rings. The Kier molecular flexibility index (Phi) is 5.06. The number of hydrogen-bond donors (Lipinski definition) is 0. The lowest BCUT2D eigenvalue weighted by atomic mass is 9.69. The van der Waals surface area contributed by atoms with Crippen LogP contribution in [-0.2, 0) is 0 Å². The molecular weight excluding hydrogens is 244 g/mol. The Morgan fingerprint density at radius 1 is 0.833 bits per heavy atom. The van der Waals surface area contributed by atoms with Gasteiger partial charge >= 0.3 is 11.8 Å². The lowest BCUT2D eigenvalue weighted by molar-refractivity contribution is -0.297. The fourth-order valence-electron chi connectivity index (χ4n) is 1.82. The average Bonchev–Trinajstić information content (AvgIpc) is 2.28. The number of rotatable bonds is 6. The van der Waals surface area contributed by atoms with E-state index in [-0.39, 0.29) is 12.8 Å². The highest BCUT2D eigenvalue weighted by molar-refractivity contribution is 5.11. The van der Waals surface area contributed by atoms with Crippen LogP contribution in [-0.4, -0.2) is 11.8 Å². The summed E-state index contributed by atoms with van der Waals surface area (Å²) in [6.07, 6.45) is 2.55. The van der Waals surface area contributed by atoms with Crippen molar-refractivity contribution in [2.24, 2.45) is 10.8 Å². The predicted molar refractivity (Wildman–Crippen MR) is 67.2 cm³/mol. The van der Waals surface area contributed by atoms with Crippen LogP contribution in [0.2, 0.25) is 0 Å². The molecule has 0 radical (unpaired) electrons. The minimum Gasteiger partial charge on any atom is -0.199 e. The molecule has 0 aromatic heterocycles. The highest BCUT2D eigenvalue weighted by atomic mass is 19.3. The molecule has 0 nitrogen and oxygen atoms in total. The van der Waals surface area contributed by atoms with Crippen molar-refractivity contribution >= 4 is 0 Å². The van der Waals surface area contributed by atoms with Crippen molar-refractivity contribution in [3.8, 4) is 0 Å². The Bertz CT molecular complexity index is 305. The van der Waals surface area contributed by atoms with Crippen molar-refractivity contribution in [3.63, 3.8) is 0 Å². The molecule has 4 heteroatoms. The highest BCUT2D eigenvalue weighted by Gasteiger charge is 2.70. The summed E-state index contributed by atoms with van der Waals surface area (Å²) in [7, 11) is 0. The zero-order valence-electron chi connectivity index (χ0n) is 12.1. The SMILES string of the molecule is C/C=C\C(C)(CC)C(F)(F)C(F)(F)C(C)(C)CC. The molecule has 0 saturated carbocycles. The van der Waals surface area contributed by atoms with Gasteiger partial charge in [-0.3, -0.25) is 0 Å². The first-order valence-electron chi connectivity index (χ1n) is 6.33. The van der Waals surface area contributed by atoms with E-state index in [0.717, 1.165) is 0 Å². The van der Waals surface area contributed by atoms with Crippen molar-refractivity contribution in [3.05, 3.63) is 12.2 Å². The van der Waals surface area contributed by atoms with Gasteiger partial charge in [0.1, 0.15) is 0 Å². The molecule has 0 aliphatic heterocycles. The second-order valence-electron chi connectivity index (χ2n) is 5.66. The van der Waals surface area contributed by atoms with E-state index in [2.05, 4.69) is 0 Å². The van der Waals surface area contributed by atoms with E-state index in [1.807, 2.05) is 0 Å². The van der Waals surface area contributed by atoms with Gasteiger partial charge in [-0.15, -0.1) is 0 Å². The van der Waals surface area contributed by atoms with E-state index in [4.69, 9.17) is 0 Å². The quantitative estimate of drug-likeness (QED) is 0.429. The number of alkyl halides is 4. The third kappa shape index (κ3) is 2.43. The summed E-state index contributed by atoms with van der Waals surface area (Å²) in [6, 6.07) is 0. The number of hydrogen-bond acceptors (Lipinski definition) is 0. The first kappa shape index (κ1) is 17.5. The standard InChI is InChI=1S/C14H24F4/c1-7-10-12(6,9-3)14(17,18)13(15,16)11(4,5)8-2/h7,10H,8-9H2,1-6H3/b10-7-. The van der Waals surface area contributed by atoms with E-state index >= 15 is 0 Å². The van der Waals surface area contributed by atoms with Crippen LogP contribution < -0.4 is 0 Å². The van der Waals surface area contributed by atoms with Crippen molar-refractivity contribution in [2.75, 3.05) is 0 Å². The summed E-state index contributed by atoms with van der Waals surface area (Å²) in [5.41, 5.74) is -3.58. The molecule has 0 aliphatic rings. The molecule has 108 valence electrons. The summed E-state index contributed by atoms with van der Waals surface area (Å²) in [5, 5.41) is 0. The van der Waals surface area contributed by atoms with E-state index in [9.17, 15) is 17.6 Å². The zero-order chi connectivity index (χ0) is 14.8. The van der Waals surface area contributed by atoms with E-state index in [1.165, 1.54) is 46.8 Å². The van der Waals surface area contributed by atoms with Crippen molar-refractivity contribution in [2.45, 2.75) is 66.2 Å². The molecule has 1 atom stereocenters. The lowest BCUT2D eigenvalue weighted by Gasteiger charge is -2.45. The molecule has 0 spiro atoms. The summed E-state index contributed by atoms with van der Waals surface area (Å²) < 4.78 is 57.0. The highest BCUT2D eigenvalue weighted by Crippen LogP contribution is 2.57. The molecule has 0 aromatic rings. The monoisotopic (exact) mass is 268 g/mol. The molecule has 0 rings (SSSR count). The van der Waals surface area contributed by atoms with Crippen LogP contribution in [0.5, 0.6) is 0 Å². The Morgan fingerprint density at radius 2 is 1.28 bits per heavy atom. The third-order valence-corrected chi connectivity index (χ3v) is 4.11. The molecule has 1 unspecified atom stereocenters. The molecule has 0 amide bonds. The lowest BCUT2D eigenvalue weighted by Crippen LogP contribution is -2.58. The summed E-state index contributed by atoms with van der Waals surface area (Å²) >= 11 is 0. The fraction of sp³-hybridized carbons (Fsp3) is 0.857. The zero-order valence-corrected chi connectivity index (χ0v) is 12.1. The van der Waals surface area contributed by atoms with Gasteiger partial charge in [0.15, 0.2) is 0 Å². The normalized spacial score (nSPS) is 18.1. The van der Waals surface area contributed by atoms with Gasteiger partial charge in [-0.1, -0.05) is 46.8 Å². The number of allylic oxidation sites excluding steroid dienone is 2. The van der Waals surface area contributed by atoms with Crippen LogP contribution in [0.25, 0.3) is 0 Å². The van der Waals surface area contributed by atoms with Gasteiger partial charge in [-0.05, 0) is 19.8 Å². The molecule has 0 aromatic carbocycles. The largest absolute Gasteiger partial charge is 0.319 e. The van der Waals surface area contributed by atoms with E-state index in [0.29, 0.717) is 0 Å². The molecule has 0 aliphatic carbocycles. The topological polar surface area (TPSA) is 0 Å². The van der Waals surface area contributed by atoms with Crippen LogP contribution in [0.3, 0.4) is 0 Å². The summed E-state index contributed by atoms with van der Waals surface area (Å²) in [5.74, 6) is -8.14. The Hall–Kier alpha value is -0.540. The van der Waals surface area contributed by atoms with Gasteiger partial charge in [-0.25, -0.2) is 0 Å². The maximum Gasteiger partial charge on any atom is 0.319 e. The van der Waals surface area contributed by atoms with Crippen LogP contribution in [0.15, 0.2) is 12.2 Å². The average molecular weight is 268 g/mol. The predicted octanol–water partition coefficient (Wildman–Crippen LogP) is 5.69. The third-order valence-electron chi connectivity index (χ3n) is 4.11. The van der Waals surface area contributed by atoms with Crippen LogP contribution in [0.1, 0.15) is 54.4 Å². The molecule has 0 saturated heterocycles. The van der Waals surface area contributed by atoms with Crippen LogP contribution in [0.4, 0.5) is 17.6 Å². The fourth-order valence-corrected chi connectivity index (χ4v) is 1.82. The molecule has 0 bridgehead atoms. The van der Waals surface area contributed by atoms with Crippen LogP contribution >= 0.6 is 0 Å². The first-order valence-corrected chi connectivity index (χ1v) is 6.33. The second-order valence-corrected chi connectivity index (χ2v) is 5.66. The molecular formula is C14H24F4. The van der Waals surface area contributed by atoms with Gasteiger partial charge < -0.3 is 0 Å². The second kappa shape index (κ2) is 5.22. The first-order chi connectivity index (χ1) is 7.93. The van der Waals surface area contributed by atoms with Gasteiger partial charge in [0.25, 0.3) is 0 Å². The summed E-state index contributed by atoms with van der Waals surface area (Å²) in [4.78, 5) is 0. The van der Waals surface area contributed by atoms with Gasteiger partial charge in [0, 0.05) is 5.41 Å². The Labute approximate surface area is 107 Å². The van der Waals surface area contributed by atoms with Gasteiger partial charge in [-0.2, -0.15) is 17.6 Å². The van der Waals surface area contributed by atoms with E-state index in [1.54, 1.807) is 6.92 Å². The van der Waals surface area contributed by atoms with Crippen molar-refractivity contribution in [1.29, 1.82) is 0 Å². The maximum atomic E-state index is 14.3. The molecule has 0 heterocycles. The Morgan fingerprint density at radius 3 is 1.56 bits per heavy atom. The van der Waals surface area contributed by atoms with Crippen molar-refractivity contribution < 1.29 is 17.6 Å². The number of halogens is 4. The summed E-state index contributed by atoms with van der Waals surface area (Å²) in [6.45, 7) is 8.13. The van der Waals surface area contributed by atoms with Gasteiger partial charge in [0.2, 0.25) is 0 Å². The van der Waals surface area contributed by atoms with E-state index < -0.39 is 22.7 Å². The molecule has 18 heavy (non-hydrogen) atoms. The van der Waals surface area contributed by atoms with Crippen LogP contribution in [0, 0.1) is 10.8 Å². The van der Waals surface area contributed by atoms with Crippen molar-refractivity contribution in [1.82, 2.24) is 0 Å². The molecule has 0 N–H and O–H groups in total. The Balaban J connectivity index is 5.75. The minimum absolute atomic E-state index is 0.00871. The van der Waals surface area contributed by atoms with Gasteiger partial charge in [0.05, 0.1) is 5.41 Å².